The van der Waals surface area contributed by atoms with Crippen LogP contribution in [0.25, 0.3) is 0 Å². The quantitative estimate of drug-likeness (QED) is 0.514. The zero-order valence-corrected chi connectivity index (χ0v) is 12.3. The molecular weight excluding hydrogens is 292 g/mol. The maximum atomic E-state index is 11.7. The standard InChI is InChI=1S/C14H16N2O6/c1-14(2)11(13(18)19)12(15(3)7-17)9-6-8(16(20)21)4-5-10(9)22-14/h4-7,11-12H,1-3H3,(H,18,19)/t11-,12-/m0/s1. The minimum absolute atomic E-state index is 0.185. The van der Waals surface area contributed by atoms with Gasteiger partial charge in [0, 0.05) is 24.7 Å². The van der Waals surface area contributed by atoms with Crippen LogP contribution in [0.5, 0.6) is 5.75 Å². The molecule has 0 fully saturated rings. The summed E-state index contributed by atoms with van der Waals surface area (Å²) in [4.78, 5) is 34.4. The summed E-state index contributed by atoms with van der Waals surface area (Å²) in [5.74, 6) is -1.86. The molecule has 0 aliphatic carbocycles. The van der Waals surface area contributed by atoms with Crippen molar-refractivity contribution >= 4 is 18.1 Å². The Kier molecular flexibility index (Phi) is 3.78. The van der Waals surface area contributed by atoms with Crippen molar-refractivity contribution in [3.63, 3.8) is 0 Å². The lowest BCUT2D eigenvalue weighted by Gasteiger charge is -2.44. The van der Waals surface area contributed by atoms with E-state index in [2.05, 4.69) is 0 Å². The first-order valence-corrected chi connectivity index (χ1v) is 6.56. The molecule has 1 N–H and O–H groups in total. The van der Waals surface area contributed by atoms with Crippen molar-refractivity contribution in [1.29, 1.82) is 0 Å². The SMILES string of the molecule is CN(C=O)[C@H]1c2cc([N+](=O)[O-])ccc2OC(C)(C)[C@@H]1C(=O)O. The number of amides is 1. The maximum Gasteiger partial charge on any atom is 0.313 e. The Balaban J connectivity index is 2.68. The third-order valence-corrected chi connectivity index (χ3v) is 3.83. The van der Waals surface area contributed by atoms with E-state index in [0.29, 0.717) is 17.7 Å². The molecule has 0 radical (unpaired) electrons. The zero-order chi connectivity index (χ0) is 16.7. The van der Waals surface area contributed by atoms with Gasteiger partial charge < -0.3 is 14.7 Å². The Morgan fingerprint density at radius 3 is 2.64 bits per heavy atom. The van der Waals surface area contributed by atoms with E-state index in [1.54, 1.807) is 13.8 Å². The number of hydrogen-bond donors (Lipinski definition) is 1. The fourth-order valence-electron chi connectivity index (χ4n) is 2.83. The van der Waals surface area contributed by atoms with E-state index < -0.39 is 28.5 Å². The van der Waals surface area contributed by atoms with Gasteiger partial charge in [-0.3, -0.25) is 19.7 Å². The van der Waals surface area contributed by atoms with Crippen LogP contribution >= 0.6 is 0 Å². The molecule has 118 valence electrons. The topological polar surface area (TPSA) is 110 Å². The molecule has 2 rings (SSSR count). The molecule has 1 aromatic rings. The second-order valence-electron chi connectivity index (χ2n) is 5.72. The van der Waals surface area contributed by atoms with E-state index in [9.17, 15) is 24.8 Å². The van der Waals surface area contributed by atoms with Crippen molar-refractivity contribution in [2.75, 3.05) is 7.05 Å². The highest BCUT2D eigenvalue weighted by Crippen LogP contribution is 2.47. The van der Waals surface area contributed by atoms with Gasteiger partial charge in [-0.25, -0.2) is 0 Å². The van der Waals surface area contributed by atoms with Crippen molar-refractivity contribution in [3.8, 4) is 5.75 Å². The second-order valence-corrected chi connectivity index (χ2v) is 5.72. The normalized spacial score (nSPS) is 22.1. The number of non-ortho nitro benzene ring substituents is 1. The van der Waals surface area contributed by atoms with E-state index >= 15 is 0 Å². The van der Waals surface area contributed by atoms with Crippen molar-refractivity contribution < 1.29 is 24.4 Å². The molecular formula is C14H16N2O6. The van der Waals surface area contributed by atoms with Crippen molar-refractivity contribution in [1.82, 2.24) is 4.90 Å². The molecule has 8 nitrogen and oxygen atoms in total. The first-order valence-electron chi connectivity index (χ1n) is 6.56. The number of fused-ring (bicyclic) bond motifs is 1. The Hall–Kier alpha value is -2.64. The van der Waals surface area contributed by atoms with Gasteiger partial charge in [-0.1, -0.05) is 0 Å². The molecule has 0 spiro atoms. The van der Waals surface area contributed by atoms with Gasteiger partial charge in [-0.2, -0.15) is 0 Å². The fourth-order valence-corrected chi connectivity index (χ4v) is 2.83. The molecule has 8 heteroatoms. The highest BCUT2D eigenvalue weighted by molar-refractivity contribution is 5.75. The second kappa shape index (κ2) is 5.28. The minimum Gasteiger partial charge on any atom is -0.486 e. The largest absolute Gasteiger partial charge is 0.486 e. The van der Waals surface area contributed by atoms with E-state index in [1.807, 2.05) is 0 Å². The number of carbonyl (C=O) groups excluding carboxylic acids is 1. The lowest BCUT2D eigenvalue weighted by Crippen LogP contribution is -2.52. The summed E-state index contributed by atoms with van der Waals surface area (Å²) in [7, 11) is 1.44. The Morgan fingerprint density at radius 2 is 2.14 bits per heavy atom. The number of carbonyl (C=O) groups is 2. The van der Waals surface area contributed by atoms with Crippen LogP contribution in [0.2, 0.25) is 0 Å². The molecule has 0 saturated carbocycles. The molecule has 0 aromatic heterocycles. The summed E-state index contributed by atoms with van der Waals surface area (Å²) in [5, 5.41) is 20.5. The van der Waals surface area contributed by atoms with Crippen LogP contribution in [-0.4, -0.2) is 40.0 Å². The van der Waals surface area contributed by atoms with Gasteiger partial charge in [0.1, 0.15) is 17.3 Å². The number of nitrogens with zero attached hydrogens (tertiary/aromatic N) is 2. The highest BCUT2D eigenvalue weighted by Gasteiger charge is 2.50. The summed E-state index contributed by atoms with van der Waals surface area (Å²) in [6.45, 7) is 3.23. The number of hydrogen-bond acceptors (Lipinski definition) is 5. The van der Waals surface area contributed by atoms with Crippen LogP contribution in [0.1, 0.15) is 25.5 Å². The molecule has 0 bridgehead atoms. The third-order valence-electron chi connectivity index (χ3n) is 3.83. The summed E-state index contributed by atoms with van der Waals surface area (Å²) < 4.78 is 5.71. The van der Waals surface area contributed by atoms with E-state index in [-0.39, 0.29) is 5.69 Å². The molecule has 2 atom stereocenters. The predicted octanol–water partition coefficient (Wildman–Crippen LogP) is 1.60. The van der Waals surface area contributed by atoms with Gasteiger partial charge in [0.15, 0.2) is 0 Å². The molecule has 22 heavy (non-hydrogen) atoms. The number of nitro groups is 1. The predicted molar refractivity (Wildman–Crippen MR) is 75.5 cm³/mol. The first kappa shape index (κ1) is 15.7. The van der Waals surface area contributed by atoms with E-state index in [1.165, 1.54) is 30.1 Å². The molecule has 1 heterocycles. The van der Waals surface area contributed by atoms with Crippen LogP contribution in [0.3, 0.4) is 0 Å². The lowest BCUT2D eigenvalue weighted by molar-refractivity contribution is -0.385. The van der Waals surface area contributed by atoms with Gasteiger partial charge in [0.05, 0.1) is 11.0 Å². The Morgan fingerprint density at radius 1 is 1.50 bits per heavy atom. The van der Waals surface area contributed by atoms with Gasteiger partial charge in [0.25, 0.3) is 5.69 Å². The Labute approximate surface area is 126 Å². The van der Waals surface area contributed by atoms with E-state index in [0.717, 1.165) is 0 Å². The van der Waals surface area contributed by atoms with Crippen molar-refractivity contribution in [2.24, 2.45) is 5.92 Å². The van der Waals surface area contributed by atoms with Crippen LogP contribution in [0, 0.1) is 16.0 Å². The molecule has 1 amide bonds. The number of carboxylic acid groups (broad SMARTS) is 1. The van der Waals surface area contributed by atoms with Crippen LogP contribution in [0.4, 0.5) is 5.69 Å². The van der Waals surface area contributed by atoms with Gasteiger partial charge in [-0.05, 0) is 19.9 Å². The molecule has 0 unspecified atom stereocenters. The van der Waals surface area contributed by atoms with Crippen molar-refractivity contribution in [3.05, 3.63) is 33.9 Å². The number of rotatable bonds is 4. The molecule has 1 aliphatic heterocycles. The smallest absolute Gasteiger partial charge is 0.313 e. The number of aliphatic carboxylic acids is 1. The number of carboxylic acids is 1. The number of ether oxygens (including phenoxy) is 1. The number of benzene rings is 1. The third kappa shape index (κ3) is 2.47. The number of nitro benzene ring substituents is 1. The molecule has 0 saturated heterocycles. The van der Waals surface area contributed by atoms with E-state index in [4.69, 9.17) is 4.74 Å². The van der Waals surface area contributed by atoms with Gasteiger partial charge >= 0.3 is 5.97 Å². The van der Waals surface area contributed by atoms with Gasteiger partial charge in [0.2, 0.25) is 6.41 Å². The van der Waals surface area contributed by atoms with Crippen LogP contribution in [0.15, 0.2) is 18.2 Å². The maximum absolute atomic E-state index is 11.7. The van der Waals surface area contributed by atoms with Crippen molar-refractivity contribution in [2.45, 2.75) is 25.5 Å². The average Bonchev–Trinajstić information content (AvgIpc) is 2.42. The van der Waals surface area contributed by atoms with Crippen LogP contribution < -0.4 is 4.74 Å². The molecule has 1 aromatic carbocycles. The summed E-state index contributed by atoms with van der Waals surface area (Å²) in [6, 6.07) is 3.12. The lowest BCUT2D eigenvalue weighted by atomic mass is 9.78. The average molecular weight is 308 g/mol. The fraction of sp³-hybridized carbons (Fsp3) is 0.429. The first-order chi connectivity index (χ1) is 10.2. The Bertz CT molecular complexity index is 642. The van der Waals surface area contributed by atoms with Gasteiger partial charge in [-0.15, -0.1) is 0 Å². The summed E-state index contributed by atoms with van der Waals surface area (Å²) >= 11 is 0. The summed E-state index contributed by atoms with van der Waals surface area (Å²) in [5.41, 5.74) is -0.942. The molecule has 1 aliphatic rings. The zero-order valence-electron chi connectivity index (χ0n) is 12.3. The highest BCUT2D eigenvalue weighted by atomic mass is 16.6. The minimum atomic E-state index is -1.14. The monoisotopic (exact) mass is 308 g/mol. The van der Waals surface area contributed by atoms with Crippen LogP contribution in [-0.2, 0) is 9.59 Å². The summed E-state index contributed by atoms with van der Waals surface area (Å²) in [6.07, 6.45) is 0.505.